The molecule has 2 bridgehead atoms. The van der Waals surface area contributed by atoms with Gasteiger partial charge in [0.15, 0.2) is 0 Å². The van der Waals surface area contributed by atoms with Crippen LogP contribution in [-0.4, -0.2) is 48.6 Å². The van der Waals surface area contributed by atoms with Crippen LogP contribution in [0.5, 0.6) is 0 Å². The van der Waals surface area contributed by atoms with E-state index >= 15 is 0 Å². The number of piperidine rings is 1. The largest absolute Gasteiger partial charge is 0.352 e. The molecule has 3 rings (SSSR count). The summed E-state index contributed by atoms with van der Waals surface area (Å²) in [6, 6.07) is 1.69. The SMILES string of the molecule is CC(C)N1CC2CCCC(C1)C2NCC(=O)NC1CC1. The Hall–Kier alpha value is -0.610. The molecular formula is C16H29N3O. The Labute approximate surface area is 122 Å². The number of likely N-dealkylation sites (tertiary alicyclic amines) is 1. The average Bonchev–Trinajstić information content (AvgIpc) is 3.19. The summed E-state index contributed by atoms with van der Waals surface area (Å²) in [4.78, 5) is 14.5. The van der Waals surface area contributed by atoms with E-state index in [9.17, 15) is 4.79 Å². The summed E-state index contributed by atoms with van der Waals surface area (Å²) in [5, 5.41) is 6.65. The van der Waals surface area contributed by atoms with Crippen molar-refractivity contribution in [2.45, 2.75) is 64.1 Å². The van der Waals surface area contributed by atoms with Crippen molar-refractivity contribution in [2.24, 2.45) is 11.8 Å². The quantitative estimate of drug-likeness (QED) is 0.799. The lowest BCUT2D eigenvalue weighted by Crippen LogP contribution is -2.59. The molecule has 2 aliphatic carbocycles. The first-order valence-electron chi connectivity index (χ1n) is 8.40. The zero-order valence-corrected chi connectivity index (χ0v) is 12.9. The molecule has 0 aromatic carbocycles. The minimum absolute atomic E-state index is 0.192. The summed E-state index contributed by atoms with van der Waals surface area (Å²) in [5.74, 6) is 1.66. The molecule has 114 valence electrons. The highest BCUT2D eigenvalue weighted by Crippen LogP contribution is 2.35. The van der Waals surface area contributed by atoms with Crippen molar-refractivity contribution in [3.05, 3.63) is 0 Å². The van der Waals surface area contributed by atoms with Crippen molar-refractivity contribution in [1.82, 2.24) is 15.5 Å². The Morgan fingerprint density at radius 2 is 1.80 bits per heavy atom. The smallest absolute Gasteiger partial charge is 0.234 e. The lowest BCUT2D eigenvalue weighted by Gasteiger charge is -2.49. The summed E-state index contributed by atoms with van der Waals surface area (Å²) >= 11 is 0. The van der Waals surface area contributed by atoms with E-state index in [4.69, 9.17) is 0 Å². The normalized spacial score (nSPS) is 34.2. The molecule has 2 saturated carbocycles. The third-order valence-electron chi connectivity index (χ3n) is 5.27. The Balaban J connectivity index is 1.52. The van der Waals surface area contributed by atoms with E-state index in [0.29, 0.717) is 24.7 Å². The zero-order valence-electron chi connectivity index (χ0n) is 12.9. The molecule has 1 aliphatic heterocycles. The van der Waals surface area contributed by atoms with Crippen LogP contribution in [0.4, 0.5) is 0 Å². The standard InChI is InChI=1S/C16H29N3O/c1-11(2)19-9-12-4-3-5-13(10-19)16(12)17-8-15(20)18-14-6-7-14/h11-14,16-17H,3-10H2,1-2H3,(H,18,20). The number of amides is 1. The van der Waals surface area contributed by atoms with Gasteiger partial charge in [0.2, 0.25) is 5.91 Å². The fourth-order valence-electron chi connectivity index (χ4n) is 3.94. The van der Waals surface area contributed by atoms with Gasteiger partial charge in [0.1, 0.15) is 0 Å². The van der Waals surface area contributed by atoms with E-state index < -0.39 is 0 Å². The number of hydrogen-bond acceptors (Lipinski definition) is 3. The van der Waals surface area contributed by atoms with Crippen LogP contribution in [0.2, 0.25) is 0 Å². The first-order chi connectivity index (χ1) is 9.63. The molecule has 3 fully saturated rings. The molecule has 0 aromatic heterocycles. The fraction of sp³-hybridized carbons (Fsp3) is 0.938. The lowest BCUT2D eigenvalue weighted by atomic mass is 9.73. The van der Waals surface area contributed by atoms with Gasteiger partial charge in [-0.15, -0.1) is 0 Å². The van der Waals surface area contributed by atoms with E-state index in [1.165, 1.54) is 45.2 Å². The highest BCUT2D eigenvalue weighted by Gasteiger charge is 2.39. The summed E-state index contributed by atoms with van der Waals surface area (Å²) in [5.41, 5.74) is 0. The molecule has 0 aromatic rings. The van der Waals surface area contributed by atoms with Crippen molar-refractivity contribution in [1.29, 1.82) is 0 Å². The van der Waals surface area contributed by atoms with Crippen LogP contribution in [0, 0.1) is 11.8 Å². The van der Waals surface area contributed by atoms with Gasteiger partial charge in [-0.3, -0.25) is 4.79 Å². The van der Waals surface area contributed by atoms with Crippen LogP contribution in [0.25, 0.3) is 0 Å². The highest BCUT2D eigenvalue weighted by atomic mass is 16.2. The number of carbonyl (C=O) groups excluding carboxylic acids is 1. The predicted molar refractivity (Wildman–Crippen MR) is 80.5 cm³/mol. The van der Waals surface area contributed by atoms with Gasteiger partial charge in [0.25, 0.3) is 0 Å². The monoisotopic (exact) mass is 279 g/mol. The van der Waals surface area contributed by atoms with Crippen LogP contribution >= 0.6 is 0 Å². The second-order valence-electron chi connectivity index (χ2n) is 7.25. The maximum absolute atomic E-state index is 11.8. The van der Waals surface area contributed by atoms with Crippen molar-refractivity contribution < 1.29 is 4.79 Å². The summed E-state index contributed by atoms with van der Waals surface area (Å²) in [6.07, 6.45) is 6.35. The number of carbonyl (C=O) groups is 1. The number of rotatable bonds is 5. The Morgan fingerprint density at radius 1 is 1.15 bits per heavy atom. The minimum Gasteiger partial charge on any atom is -0.352 e. The first-order valence-corrected chi connectivity index (χ1v) is 8.40. The average molecular weight is 279 g/mol. The van der Waals surface area contributed by atoms with Gasteiger partial charge in [-0.25, -0.2) is 0 Å². The number of hydrogen-bond donors (Lipinski definition) is 2. The van der Waals surface area contributed by atoms with Crippen molar-refractivity contribution in [2.75, 3.05) is 19.6 Å². The zero-order chi connectivity index (χ0) is 14.1. The minimum atomic E-state index is 0.192. The molecule has 2 atom stereocenters. The third-order valence-corrected chi connectivity index (χ3v) is 5.27. The van der Waals surface area contributed by atoms with Crippen molar-refractivity contribution in [3.8, 4) is 0 Å². The fourth-order valence-corrected chi connectivity index (χ4v) is 3.94. The van der Waals surface area contributed by atoms with Gasteiger partial charge >= 0.3 is 0 Å². The molecule has 4 heteroatoms. The predicted octanol–water partition coefficient (Wildman–Crippen LogP) is 1.36. The molecule has 1 saturated heterocycles. The van der Waals surface area contributed by atoms with E-state index in [1.54, 1.807) is 0 Å². The topological polar surface area (TPSA) is 44.4 Å². The highest BCUT2D eigenvalue weighted by molar-refractivity contribution is 5.78. The molecule has 1 amide bonds. The van der Waals surface area contributed by atoms with E-state index in [2.05, 4.69) is 29.4 Å². The van der Waals surface area contributed by atoms with Crippen LogP contribution in [-0.2, 0) is 4.79 Å². The number of nitrogens with zero attached hydrogens (tertiary/aromatic N) is 1. The number of fused-ring (bicyclic) bond motifs is 2. The molecule has 2 N–H and O–H groups in total. The van der Waals surface area contributed by atoms with E-state index in [-0.39, 0.29) is 5.91 Å². The second kappa shape index (κ2) is 6.02. The molecule has 20 heavy (non-hydrogen) atoms. The molecular weight excluding hydrogens is 250 g/mol. The van der Waals surface area contributed by atoms with Crippen LogP contribution in [0.3, 0.4) is 0 Å². The van der Waals surface area contributed by atoms with E-state index in [0.717, 1.165) is 11.8 Å². The molecule has 3 aliphatic rings. The first kappa shape index (κ1) is 14.3. The van der Waals surface area contributed by atoms with Crippen LogP contribution in [0.15, 0.2) is 0 Å². The van der Waals surface area contributed by atoms with E-state index in [1.807, 2.05) is 0 Å². The van der Waals surface area contributed by atoms with Crippen LogP contribution in [0.1, 0.15) is 46.0 Å². The number of nitrogens with one attached hydrogen (secondary N) is 2. The van der Waals surface area contributed by atoms with Gasteiger partial charge in [0.05, 0.1) is 6.54 Å². The maximum Gasteiger partial charge on any atom is 0.234 e. The molecule has 2 unspecified atom stereocenters. The Morgan fingerprint density at radius 3 is 2.35 bits per heavy atom. The summed E-state index contributed by atoms with van der Waals surface area (Å²) in [6.45, 7) is 7.52. The second-order valence-corrected chi connectivity index (χ2v) is 7.25. The van der Waals surface area contributed by atoms with Gasteiger partial charge in [0, 0.05) is 31.2 Å². The molecule has 0 radical (unpaired) electrons. The Kier molecular flexibility index (Phi) is 4.32. The third kappa shape index (κ3) is 3.34. The maximum atomic E-state index is 11.8. The summed E-state index contributed by atoms with van der Waals surface area (Å²) in [7, 11) is 0. The van der Waals surface area contributed by atoms with Gasteiger partial charge in [-0.1, -0.05) is 6.42 Å². The summed E-state index contributed by atoms with van der Waals surface area (Å²) < 4.78 is 0. The van der Waals surface area contributed by atoms with Gasteiger partial charge in [-0.05, 0) is 51.4 Å². The molecule has 0 spiro atoms. The molecule has 1 heterocycles. The van der Waals surface area contributed by atoms with Gasteiger partial charge < -0.3 is 15.5 Å². The molecule has 4 nitrogen and oxygen atoms in total. The van der Waals surface area contributed by atoms with Gasteiger partial charge in [-0.2, -0.15) is 0 Å². The Bertz CT molecular complexity index is 340. The van der Waals surface area contributed by atoms with Crippen molar-refractivity contribution in [3.63, 3.8) is 0 Å². The van der Waals surface area contributed by atoms with Crippen molar-refractivity contribution >= 4 is 5.91 Å². The lowest BCUT2D eigenvalue weighted by molar-refractivity contribution is -0.120. The van der Waals surface area contributed by atoms with Crippen LogP contribution < -0.4 is 10.6 Å².